The number of carbonyl (C=O) groups excluding carboxylic acids is 1. The van der Waals surface area contributed by atoms with Crippen LogP contribution in [0.4, 0.5) is 10.5 Å². The number of aliphatic carboxylic acids is 1. The molecular weight excluding hydrogens is 278 g/mol. The van der Waals surface area contributed by atoms with E-state index in [1.54, 1.807) is 25.5 Å². The summed E-state index contributed by atoms with van der Waals surface area (Å²) in [7, 11) is 1.57. The number of nitrogens with zero attached hydrogens (tertiary/aromatic N) is 2. The molecule has 0 saturated heterocycles. The van der Waals surface area contributed by atoms with Gasteiger partial charge in [0.15, 0.2) is 0 Å². The number of carbonyl (C=O) groups is 2. The van der Waals surface area contributed by atoms with Gasteiger partial charge in [0.1, 0.15) is 0 Å². The summed E-state index contributed by atoms with van der Waals surface area (Å²) in [5.74, 6) is -1.52. The van der Waals surface area contributed by atoms with Crippen molar-refractivity contribution >= 4 is 39.2 Å². The average Bonchev–Trinajstić information content (AvgIpc) is 2.85. The van der Waals surface area contributed by atoms with Gasteiger partial charge in [-0.1, -0.05) is 6.92 Å². The zero-order valence-corrected chi connectivity index (χ0v) is 12.0. The fourth-order valence-electron chi connectivity index (χ4n) is 1.72. The van der Waals surface area contributed by atoms with E-state index in [1.165, 1.54) is 16.2 Å². The van der Waals surface area contributed by atoms with Crippen molar-refractivity contribution in [1.29, 1.82) is 0 Å². The zero-order valence-electron chi connectivity index (χ0n) is 11.2. The normalized spacial score (nSPS) is 12.1. The molecule has 2 N–H and O–H groups in total. The molecule has 1 aromatic carbocycles. The summed E-state index contributed by atoms with van der Waals surface area (Å²) in [5, 5.41) is 11.6. The molecule has 0 spiro atoms. The Labute approximate surface area is 120 Å². The summed E-state index contributed by atoms with van der Waals surface area (Å²) < 4.78 is 0.990. The molecule has 0 saturated carbocycles. The van der Waals surface area contributed by atoms with Crippen LogP contribution in [0.25, 0.3) is 10.2 Å². The number of rotatable bonds is 4. The van der Waals surface area contributed by atoms with Gasteiger partial charge in [-0.15, -0.1) is 11.3 Å². The van der Waals surface area contributed by atoms with Crippen LogP contribution in [0.1, 0.15) is 6.92 Å². The summed E-state index contributed by atoms with van der Waals surface area (Å²) in [5.41, 5.74) is 3.30. The number of nitrogens with one attached hydrogen (secondary N) is 1. The van der Waals surface area contributed by atoms with Crippen LogP contribution in [0.15, 0.2) is 23.7 Å². The highest BCUT2D eigenvalue weighted by Gasteiger charge is 2.17. The number of thiazole rings is 1. The highest BCUT2D eigenvalue weighted by Crippen LogP contribution is 2.21. The van der Waals surface area contributed by atoms with Crippen LogP contribution in [0.3, 0.4) is 0 Å². The third kappa shape index (κ3) is 3.24. The molecule has 0 aliphatic carbocycles. The Bertz CT molecular complexity index is 641. The number of hydrogen-bond donors (Lipinski definition) is 2. The van der Waals surface area contributed by atoms with Crippen molar-refractivity contribution < 1.29 is 14.7 Å². The van der Waals surface area contributed by atoms with E-state index in [0.717, 1.165) is 10.2 Å². The first-order valence-corrected chi connectivity index (χ1v) is 6.93. The Morgan fingerprint density at radius 2 is 2.25 bits per heavy atom. The van der Waals surface area contributed by atoms with Crippen molar-refractivity contribution in [2.24, 2.45) is 5.92 Å². The van der Waals surface area contributed by atoms with E-state index in [9.17, 15) is 9.59 Å². The quantitative estimate of drug-likeness (QED) is 0.907. The molecule has 1 aromatic heterocycles. The fourth-order valence-corrected chi connectivity index (χ4v) is 2.44. The molecule has 2 rings (SSSR count). The molecule has 0 bridgehead atoms. The first kappa shape index (κ1) is 14.3. The summed E-state index contributed by atoms with van der Waals surface area (Å²) >= 11 is 1.50. The molecule has 0 aliphatic heterocycles. The summed E-state index contributed by atoms with van der Waals surface area (Å²) in [6.07, 6.45) is 0. The smallest absolute Gasteiger partial charge is 0.321 e. The topological polar surface area (TPSA) is 82.5 Å². The van der Waals surface area contributed by atoms with Gasteiger partial charge in [0.05, 0.1) is 21.6 Å². The minimum absolute atomic E-state index is 0.157. The van der Waals surface area contributed by atoms with Gasteiger partial charge in [-0.3, -0.25) is 4.79 Å². The van der Waals surface area contributed by atoms with E-state index in [4.69, 9.17) is 5.11 Å². The standard InChI is InChI=1S/C13H15N3O3S/c1-8(12(17)18)6-16(2)13(19)15-9-3-4-10-11(5-9)20-7-14-10/h3-5,7-8H,6H2,1-2H3,(H,15,19)(H,17,18). The predicted octanol–water partition coefficient (Wildman–Crippen LogP) is 2.48. The lowest BCUT2D eigenvalue weighted by molar-refractivity contribution is -0.141. The molecule has 0 radical (unpaired) electrons. The summed E-state index contributed by atoms with van der Waals surface area (Å²) in [4.78, 5) is 28.2. The molecule has 2 aromatic rings. The second-order valence-corrected chi connectivity index (χ2v) is 5.47. The van der Waals surface area contributed by atoms with Crippen molar-refractivity contribution in [3.05, 3.63) is 23.7 Å². The molecule has 20 heavy (non-hydrogen) atoms. The molecule has 2 amide bonds. The molecule has 1 unspecified atom stereocenters. The minimum atomic E-state index is -0.921. The molecule has 0 aliphatic rings. The highest BCUT2D eigenvalue weighted by atomic mass is 32.1. The van der Waals surface area contributed by atoms with E-state index in [-0.39, 0.29) is 12.6 Å². The first-order valence-electron chi connectivity index (χ1n) is 6.05. The van der Waals surface area contributed by atoms with Gasteiger partial charge in [0.25, 0.3) is 0 Å². The van der Waals surface area contributed by atoms with Crippen molar-refractivity contribution in [2.45, 2.75) is 6.92 Å². The van der Waals surface area contributed by atoms with Gasteiger partial charge >= 0.3 is 12.0 Å². The van der Waals surface area contributed by atoms with Crippen LogP contribution in [0.2, 0.25) is 0 Å². The average molecular weight is 293 g/mol. The third-order valence-electron chi connectivity index (χ3n) is 2.90. The van der Waals surface area contributed by atoms with Crippen LogP contribution in [0, 0.1) is 5.92 Å². The van der Waals surface area contributed by atoms with Gasteiger partial charge in [0, 0.05) is 19.3 Å². The van der Waals surface area contributed by atoms with Gasteiger partial charge in [-0.25, -0.2) is 9.78 Å². The number of amides is 2. The van der Waals surface area contributed by atoms with Crippen LogP contribution >= 0.6 is 11.3 Å². The van der Waals surface area contributed by atoms with E-state index in [2.05, 4.69) is 10.3 Å². The maximum absolute atomic E-state index is 12.0. The first-order chi connectivity index (χ1) is 9.47. The SMILES string of the molecule is CC(CN(C)C(=O)Nc1ccc2ncsc2c1)C(=O)O. The van der Waals surface area contributed by atoms with Crippen molar-refractivity contribution in [3.63, 3.8) is 0 Å². The maximum Gasteiger partial charge on any atom is 0.321 e. The second kappa shape index (κ2) is 5.87. The van der Waals surface area contributed by atoms with Crippen molar-refractivity contribution in [1.82, 2.24) is 9.88 Å². The lowest BCUT2D eigenvalue weighted by Crippen LogP contribution is -2.36. The fraction of sp³-hybridized carbons (Fsp3) is 0.308. The Morgan fingerprint density at radius 1 is 1.50 bits per heavy atom. The van der Waals surface area contributed by atoms with E-state index in [0.29, 0.717) is 5.69 Å². The molecule has 1 heterocycles. The zero-order chi connectivity index (χ0) is 14.7. The highest BCUT2D eigenvalue weighted by molar-refractivity contribution is 7.16. The minimum Gasteiger partial charge on any atom is -0.481 e. The predicted molar refractivity (Wildman–Crippen MR) is 78.1 cm³/mol. The van der Waals surface area contributed by atoms with Gasteiger partial charge in [-0.2, -0.15) is 0 Å². The number of fused-ring (bicyclic) bond motifs is 1. The number of carboxylic acids is 1. The Kier molecular flexibility index (Phi) is 4.19. The molecule has 1 atom stereocenters. The molecule has 7 heteroatoms. The molecule has 106 valence electrons. The van der Waals surface area contributed by atoms with Crippen LogP contribution in [0.5, 0.6) is 0 Å². The molecule has 6 nitrogen and oxygen atoms in total. The maximum atomic E-state index is 12.0. The van der Waals surface area contributed by atoms with Gasteiger partial charge < -0.3 is 15.3 Å². The largest absolute Gasteiger partial charge is 0.481 e. The van der Waals surface area contributed by atoms with E-state index < -0.39 is 11.9 Å². The van der Waals surface area contributed by atoms with Crippen LogP contribution in [-0.2, 0) is 4.79 Å². The molecular formula is C13H15N3O3S. The molecule has 0 fully saturated rings. The number of urea groups is 1. The lowest BCUT2D eigenvalue weighted by atomic mass is 10.2. The second-order valence-electron chi connectivity index (χ2n) is 4.58. The number of aromatic nitrogens is 1. The van der Waals surface area contributed by atoms with Crippen LogP contribution in [-0.4, -0.2) is 40.6 Å². The number of anilines is 1. The van der Waals surface area contributed by atoms with Crippen molar-refractivity contribution in [2.75, 3.05) is 18.9 Å². The van der Waals surface area contributed by atoms with Crippen LogP contribution < -0.4 is 5.32 Å². The summed E-state index contributed by atoms with van der Waals surface area (Å²) in [6.45, 7) is 1.72. The number of benzene rings is 1. The third-order valence-corrected chi connectivity index (χ3v) is 3.69. The Hall–Kier alpha value is -2.15. The number of carboxylic acid groups (broad SMARTS) is 1. The lowest BCUT2D eigenvalue weighted by Gasteiger charge is -2.20. The Morgan fingerprint density at radius 3 is 2.95 bits per heavy atom. The van der Waals surface area contributed by atoms with E-state index >= 15 is 0 Å². The summed E-state index contributed by atoms with van der Waals surface area (Å²) in [6, 6.07) is 5.12. The van der Waals surface area contributed by atoms with Gasteiger partial charge in [0.2, 0.25) is 0 Å². The number of hydrogen-bond acceptors (Lipinski definition) is 4. The monoisotopic (exact) mass is 293 g/mol. The van der Waals surface area contributed by atoms with Crippen molar-refractivity contribution in [3.8, 4) is 0 Å². The van der Waals surface area contributed by atoms with Gasteiger partial charge in [-0.05, 0) is 18.2 Å². The Balaban J connectivity index is 2.01. The van der Waals surface area contributed by atoms with E-state index in [1.807, 2.05) is 12.1 Å².